The first-order valence-electron chi connectivity index (χ1n) is 6.95. The van der Waals surface area contributed by atoms with Crippen molar-refractivity contribution >= 4 is 21.6 Å². The lowest BCUT2D eigenvalue weighted by Crippen LogP contribution is -2.25. The van der Waals surface area contributed by atoms with Gasteiger partial charge in [-0.15, -0.1) is 0 Å². The third-order valence-corrected chi connectivity index (χ3v) is 3.64. The quantitative estimate of drug-likeness (QED) is 0.799. The van der Waals surface area contributed by atoms with Crippen LogP contribution >= 0.6 is 15.9 Å². The Morgan fingerprint density at radius 2 is 1.95 bits per heavy atom. The van der Waals surface area contributed by atoms with Crippen molar-refractivity contribution in [2.75, 3.05) is 18.5 Å². The number of hydrogen-bond donors (Lipinski definition) is 2. The second-order valence-corrected chi connectivity index (χ2v) is 5.91. The zero-order valence-corrected chi connectivity index (χ0v) is 13.6. The van der Waals surface area contributed by atoms with Crippen molar-refractivity contribution < 1.29 is 9.84 Å². The van der Waals surface area contributed by atoms with Crippen molar-refractivity contribution in [3.05, 3.63) is 64.1 Å². The zero-order chi connectivity index (χ0) is 15.1. The lowest BCUT2D eigenvalue weighted by atomic mass is 10.2. The molecule has 0 saturated carbocycles. The van der Waals surface area contributed by atoms with Gasteiger partial charge < -0.3 is 15.2 Å². The first kappa shape index (κ1) is 16.0. The second kappa shape index (κ2) is 8.17. The molecule has 0 heterocycles. The summed E-state index contributed by atoms with van der Waals surface area (Å²) >= 11 is 3.44. The minimum absolute atomic E-state index is 0.314. The largest absolute Gasteiger partial charge is 0.389 e. The highest BCUT2D eigenvalue weighted by molar-refractivity contribution is 9.10. The molecule has 21 heavy (non-hydrogen) atoms. The summed E-state index contributed by atoms with van der Waals surface area (Å²) in [5.41, 5.74) is 3.28. The van der Waals surface area contributed by atoms with Crippen LogP contribution in [-0.2, 0) is 11.3 Å². The van der Waals surface area contributed by atoms with Crippen molar-refractivity contribution in [3.8, 4) is 0 Å². The van der Waals surface area contributed by atoms with E-state index in [9.17, 15) is 5.11 Å². The highest BCUT2D eigenvalue weighted by Crippen LogP contribution is 2.20. The molecule has 0 aliphatic carbocycles. The summed E-state index contributed by atoms with van der Waals surface area (Å²) in [6.45, 7) is 3.34. The third-order valence-electron chi connectivity index (χ3n) is 3.15. The summed E-state index contributed by atoms with van der Waals surface area (Å²) in [5.74, 6) is 0. The molecular weight excluding hydrogens is 330 g/mol. The van der Waals surface area contributed by atoms with Crippen LogP contribution in [0, 0.1) is 6.92 Å². The summed E-state index contributed by atoms with van der Waals surface area (Å²) in [4.78, 5) is 0. The fourth-order valence-electron chi connectivity index (χ4n) is 1.96. The van der Waals surface area contributed by atoms with E-state index in [0.717, 1.165) is 21.3 Å². The van der Waals surface area contributed by atoms with Gasteiger partial charge in [0.2, 0.25) is 0 Å². The van der Waals surface area contributed by atoms with Crippen molar-refractivity contribution in [3.63, 3.8) is 0 Å². The van der Waals surface area contributed by atoms with Crippen LogP contribution in [-0.4, -0.2) is 24.4 Å². The fourth-order valence-corrected chi connectivity index (χ4v) is 2.32. The standard InChI is InChI=1S/C17H20BrNO2/c1-13-7-8-15(18)9-17(13)19-10-16(20)12-21-11-14-5-3-2-4-6-14/h2-9,16,19-20H,10-12H2,1H3. The van der Waals surface area contributed by atoms with Crippen molar-refractivity contribution in [2.24, 2.45) is 0 Å². The van der Waals surface area contributed by atoms with E-state index < -0.39 is 6.10 Å². The Kier molecular flexibility index (Phi) is 6.23. The SMILES string of the molecule is Cc1ccc(Br)cc1NCC(O)COCc1ccccc1. The lowest BCUT2D eigenvalue weighted by Gasteiger charge is -2.15. The Bertz CT molecular complexity index is 560. The van der Waals surface area contributed by atoms with Crippen LogP contribution in [0.15, 0.2) is 53.0 Å². The Morgan fingerprint density at radius 1 is 1.19 bits per heavy atom. The normalized spacial score (nSPS) is 12.1. The number of aliphatic hydroxyl groups excluding tert-OH is 1. The molecule has 0 amide bonds. The summed E-state index contributed by atoms with van der Waals surface area (Å²) < 4.78 is 6.54. The number of aryl methyl sites for hydroxylation is 1. The number of aliphatic hydroxyl groups is 1. The second-order valence-electron chi connectivity index (χ2n) is 4.99. The number of nitrogens with one attached hydrogen (secondary N) is 1. The van der Waals surface area contributed by atoms with E-state index in [0.29, 0.717) is 19.8 Å². The van der Waals surface area contributed by atoms with E-state index >= 15 is 0 Å². The van der Waals surface area contributed by atoms with Crippen molar-refractivity contribution in [1.29, 1.82) is 0 Å². The number of anilines is 1. The number of ether oxygens (including phenoxy) is 1. The van der Waals surface area contributed by atoms with E-state index in [-0.39, 0.29) is 0 Å². The summed E-state index contributed by atoms with van der Waals surface area (Å²) in [6.07, 6.45) is -0.535. The highest BCUT2D eigenvalue weighted by Gasteiger charge is 2.06. The first-order chi connectivity index (χ1) is 10.1. The number of halogens is 1. The van der Waals surface area contributed by atoms with Gasteiger partial charge in [0.25, 0.3) is 0 Å². The molecule has 2 aromatic carbocycles. The van der Waals surface area contributed by atoms with Crippen LogP contribution in [0.4, 0.5) is 5.69 Å². The molecule has 3 nitrogen and oxygen atoms in total. The molecule has 0 spiro atoms. The Labute approximate surface area is 134 Å². The number of hydrogen-bond acceptors (Lipinski definition) is 3. The van der Waals surface area contributed by atoms with Gasteiger partial charge in [0.05, 0.1) is 19.3 Å². The first-order valence-corrected chi connectivity index (χ1v) is 7.74. The Morgan fingerprint density at radius 3 is 2.71 bits per heavy atom. The maximum absolute atomic E-state index is 9.95. The van der Waals surface area contributed by atoms with Gasteiger partial charge in [-0.25, -0.2) is 0 Å². The van der Waals surface area contributed by atoms with Crippen LogP contribution in [0.2, 0.25) is 0 Å². The maximum Gasteiger partial charge on any atom is 0.0945 e. The maximum atomic E-state index is 9.95. The van der Waals surface area contributed by atoms with Crippen molar-refractivity contribution in [1.82, 2.24) is 0 Å². The van der Waals surface area contributed by atoms with Gasteiger partial charge >= 0.3 is 0 Å². The van der Waals surface area contributed by atoms with E-state index in [4.69, 9.17) is 4.74 Å². The molecule has 0 saturated heterocycles. The molecule has 4 heteroatoms. The molecule has 2 aromatic rings. The highest BCUT2D eigenvalue weighted by atomic mass is 79.9. The third kappa shape index (κ3) is 5.50. The van der Waals surface area contributed by atoms with Crippen LogP contribution in [0.3, 0.4) is 0 Å². The van der Waals surface area contributed by atoms with E-state index in [1.807, 2.05) is 55.5 Å². The molecule has 2 rings (SSSR count). The fraction of sp³-hybridized carbons (Fsp3) is 0.294. The number of benzene rings is 2. The van der Waals surface area contributed by atoms with Crippen LogP contribution in [0.25, 0.3) is 0 Å². The Balaban J connectivity index is 1.72. The summed E-state index contributed by atoms with van der Waals surface area (Å²) in [7, 11) is 0. The van der Waals surface area contributed by atoms with Gasteiger partial charge in [-0.1, -0.05) is 52.3 Å². The molecule has 1 atom stereocenters. The van der Waals surface area contributed by atoms with Crippen LogP contribution in [0.5, 0.6) is 0 Å². The molecule has 0 bridgehead atoms. The summed E-state index contributed by atoms with van der Waals surface area (Å²) in [5, 5.41) is 13.2. The molecule has 0 radical (unpaired) electrons. The number of rotatable bonds is 7. The lowest BCUT2D eigenvalue weighted by molar-refractivity contribution is 0.0348. The topological polar surface area (TPSA) is 41.5 Å². The predicted molar refractivity (Wildman–Crippen MR) is 89.5 cm³/mol. The minimum atomic E-state index is -0.535. The minimum Gasteiger partial charge on any atom is -0.389 e. The molecule has 112 valence electrons. The van der Waals surface area contributed by atoms with Crippen LogP contribution in [0.1, 0.15) is 11.1 Å². The molecule has 2 N–H and O–H groups in total. The van der Waals surface area contributed by atoms with E-state index in [1.54, 1.807) is 0 Å². The van der Waals surface area contributed by atoms with Gasteiger partial charge in [-0.05, 0) is 30.2 Å². The average molecular weight is 350 g/mol. The summed E-state index contributed by atoms with van der Waals surface area (Å²) in [6, 6.07) is 16.0. The molecule has 0 aliphatic rings. The molecule has 0 aromatic heterocycles. The zero-order valence-electron chi connectivity index (χ0n) is 12.1. The monoisotopic (exact) mass is 349 g/mol. The molecule has 0 aliphatic heterocycles. The van der Waals surface area contributed by atoms with Crippen LogP contribution < -0.4 is 5.32 Å². The van der Waals surface area contributed by atoms with E-state index in [1.165, 1.54) is 0 Å². The van der Waals surface area contributed by atoms with Gasteiger partial charge in [-0.2, -0.15) is 0 Å². The average Bonchev–Trinajstić information content (AvgIpc) is 2.49. The van der Waals surface area contributed by atoms with Gasteiger partial charge in [-0.3, -0.25) is 0 Å². The molecule has 1 unspecified atom stereocenters. The van der Waals surface area contributed by atoms with Gasteiger partial charge in [0.1, 0.15) is 0 Å². The van der Waals surface area contributed by atoms with Crippen molar-refractivity contribution in [2.45, 2.75) is 19.6 Å². The molecular formula is C17H20BrNO2. The van der Waals surface area contributed by atoms with E-state index in [2.05, 4.69) is 21.2 Å². The predicted octanol–water partition coefficient (Wildman–Crippen LogP) is 3.75. The molecule has 0 fully saturated rings. The smallest absolute Gasteiger partial charge is 0.0945 e. The Hall–Kier alpha value is -1.36. The van der Waals surface area contributed by atoms with Gasteiger partial charge in [0.15, 0.2) is 0 Å². The van der Waals surface area contributed by atoms with Gasteiger partial charge in [0, 0.05) is 16.7 Å².